The molecule has 2 aliphatic carbocycles. The first-order chi connectivity index (χ1) is 28.1. The van der Waals surface area contributed by atoms with Gasteiger partial charge in [-0.1, -0.05) is 135 Å². The van der Waals surface area contributed by atoms with Crippen molar-refractivity contribution in [2.24, 2.45) is 11.8 Å². The zero-order valence-corrected chi connectivity index (χ0v) is 32.1. The van der Waals surface area contributed by atoms with Gasteiger partial charge in [0.05, 0.1) is 33.3 Å². The lowest BCUT2D eigenvalue weighted by Gasteiger charge is -2.38. The normalized spacial score (nSPS) is 19.4. The van der Waals surface area contributed by atoms with Gasteiger partial charge in [0.1, 0.15) is 0 Å². The standard InChI is InChI=1S/C53H42N4/c1-53(32-34-19-20-35(29-34)33-53)39-24-21-37(22-25-39)51-43-15-5-8-16-46(43)54-52(55-51)57-48-18-10-7-14-42(48)45-31-40(26-28-50(45)57)56-47-17-9-6-13-41(47)44-30-38(23-27-49(44)56)36-11-3-2-4-12-36/h2-18,21-28,30-31,34-35H,19-20,29,32-33H2,1H3/t34-,35-/m1/s1. The molecule has 0 saturated heterocycles. The summed E-state index contributed by atoms with van der Waals surface area (Å²) in [6.07, 6.45) is 6.88. The minimum Gasteiger partial charge on any atom is -0.309 e. The van der Waals surface area contributed by atoms with Crippen molar-refractivity contribution in [2.45, 2.75) is 44.4 Å². The van der Waals surface area contributed by atoms with Crippen molar-refractivity contribution in [3.8, 4) is 34.0 Å². The predicted molar refractivity (Wildman–Crippen MR) is 237 cm³/mol. The third-order valence-corrected chi connectivity index (χ3v) is 13.5. The fraction of sp³-hybridized carbons (Fsp3) is 0.170. The Bertz CT molecular complexity index is 3170. The van der Waals surface area contributed by atoms with Gasteiger partial charge in [0.2, 0.25) is 5.95 Å². The molecule has 2 saturated carbocycles. The first kappa shape index (κ1) is 32.7. The van der Waals surface area contributed by atoms with Crippen LogP contribution in [0.3, 0.4) is 0 Å². The smallest absolute Gasteiger partial charge is 0.235 e. The van der Waals surface area contributed by atoms with E-state index < -0.39 is 0 Å². The van der Waals surface area contributed by atoms with E-state index in [1.54, 1.807) is 0 Å². The molecule has 2 bridgehead atoms. The first-order valence-corrected chi connectivity index (χ1v) is 20.6. The fourth-order valence-corrected chi connectivity index (χ4v) is 10.9. The molecule has 3 heterocycles. The summed E-state index contributed by atoms with van der Waals surface area (Å²) in [5.41, 5.74) is 12.9. The Balaban J connectivity index is 1.01. The van der Waals surface area contributed by atoms with Crippen molar-refractivity contribution < 1.29 is 0 Å². The third kappa shape index (κ3) is 5.13. The van der Waals surface area contributed by atoms with Crippen LogP contribution in [0, 0.1) is 11.8 Å². The van der Waals surface area contributed by atoms with E-state index in [0.29, 0.717) is 5.95 Å². The maximum Gasteiger partial charge on any atom is 0.235 e. The molecule has 12 rings (SSSR count). The molecule has 0 N–H and O–H groups in total. The van der Waals surface area contributed by atoms with Crippen molar-refractivity contribution in [1.29, 1.82) is 0 Å². The van der Waals surface area contributed by atoms with Gasteiger partial charge in [-0.3, -0.25) is 4.57 Å². The second-order valence-electron chi connectivity index (χ2n) is 17.0. The molecular formula is C53H42N4. The van der Waals surface area contributed by atoms with Gasteiger partial charge in [0.25, 0.3) is 0 Å². The number of benzene rings is 7. The van der Waals surface area contributed by atoms with E-state index in [1.807, 2.05) is 0 Å². The van der Waals surface area contributed by atoms with Gasteiger partial charge in [0, 0.05) is 38.2 Å². The molecule has 10 aromatic rings. The number of rotatable bonds is 5. The second-order valence-corrected chi connectivity index (χ2v) is 17.0. The summed E-state index contributed by atoms with van der Waals surface area (Å²) in [6, 6.07) is 59.7. The van der Waals surface area contributed by atoms with Gasteiger partial charge in [-0.25, -0.2) is 9.97 Å². The number of hydrogen-bond acceptors (Lipinski definition) is 2. The summed E-state index contributed by atoms with van der Waals surface area (Å²) in [5.74, 6) is 2.46. The van der Waals surface area contributed by atoms with Gasteiger partial charge in [-0.05, 0) is 102 Å². The molecule has 274 valence electrons. The van der Waals surface area contributed by atoms with Crippen LogP contribution in [0.4, 0.5) is 0 Å². The highest BCUT2D eigenvalue weighted by Crippen LogP contribution is 2.52. The van der Waals surface area contributed by atoms with Crippen LogP contribution in [-0.4, -0.2) is 19.1 Å². The Morgan fingerprint density at radius 2 is 1.05 bits per heavy atom. The minimum absolute atomic E-state index is 0.258. The third-order valence-electron chi connectivity index (χ3n) is 13.5. The zero-order valence-electron chi connectivity index (χ0n) is 32.1. The molecule has 0 unspecified atom stereocenters. The van der Waals surface area contributed by atoms with Crippen LogP contribution in [0.5, 0.6) is 0 Å². The molecular weight excluding hydrogens is 693 g/mol. The summed E-state index contributed by atoms with van der Waals surface area (Å²) in [6.45, 7) is 2.50. The number of aromatic nitrogens is 4. The van der Waals surface area contributed by atoms with Crippen LogP contribution in [0.1, 0.15) is 44.6 Å². The van der Waals surface area contributed by atoms with Gasteiger partial charge < -0.3 is 4.57 Å². The van der Waals surface area contributed by atoms with E-state index in [4.69, 9.17) is 9.97 Å². The quantitative estimate of drug-likeness (QED) is 0.176. The van der Waals surface area contributed by atoms with Gasteiger partial charge in [0.15, 0.2) is 0 Å². The molecule has 4 nitrogen and oxygen atoms in total. The Labute approximate surface area is 332 Å². The maximum absolute atomic E-state index is 5.44. The molecule has 7 aromatic carbocycles. The highest BCUT2D eigenvalue weighted by atomic mass is 15.2. The molecule has 0 spiro atoms. The van der Waals surface area contributed by atoms with Crippen LogP contribution in [0.2, 0.25) is 0 Å². The van der Waals surface area contributed by atoms with E-state index in [9.17, 15) is 0 Å². The lowest BCUT2D eigenvalue weighted by atomic mass is 9.66. The van der Waals surface area contributed by atoms with Crippen molar-refractivity contribution in [1.82, 2.24) is 19.1 Å². The van der Waals surface area contributed by atoms with Crippen molar-refractivity contribution in [3.63, 3.8) is 0 Å². The summed E-state index contributed by atoms with van der Waals surface area (Å²) >= 11 is 0. The molecule has 2 fully saturated rings. The van der Waals surface area contributed by atoms with E-state index in [-0.39, 0.29) is 5.41 Å². The van der Waals surface area contributed by atoms with E-state index in [0.717, 1.165) is 50.7 Å². The summed E-state index contributed by atoms with van der Waals surface area (Å²) in [4.78, 5) is 10.7. The molecule has 0 amide bonds. The molecule has 0 aliphatic heterocycles. The van der Waals surface area contributed by atoms with Gasteiger partial charge in [-0.15, -0.1) is 0 Å². The Morgan fingerprint density at radius 1 is 0.474 bits per heavy atom. The second kappa shape index (κ2) is 12.5. The van der Waals surface area contributed by atoms with Crippen LogP contribution in [-0.2, 0) is 5.41 Å². The molecule has 3 aromatic heterocycles. The van der Waals surface area contributed by atoms with Gasteiger partial charge in [-0.2, -0.15) is 0 Å². The lowest BCUT2D eigenvalue weighted by molar-refractivity contribution is 0.232. The maximum atomic E-state index is 5.44. The molecule has 2 aliphatic rings. The fourth-order valence-electron chi connectivity index (χ4n) is 10.9. The Kier molecular flexibility index (Phi) is 7.17. The lowest BCUT2D eigenvalue weighted by Crippen LogP contribution is -2.30. The van der Waals surface area contributed by atoms with E-state index >= 15 is 0 Å². The SMILES string of the molecule is CC1(c2ccc(-c3nc(-n4c5ccccc5c5cc(-n6c7ccccc7c7cc(-c8ccccc8)ccc76)ccc54)nc4ccccc34)cc2)C[C@@H]2CC[C@H](C2)C1. The monoisotopic (exact) mass is 734 g/mol. The van der Waals surface area contributed by atoms with Crippen molar-refractivity contribution in [2.75, 3.05) is 0 Å². The van der Waals surface area contributed by atoms with Crippen LogP contribution < -0.4 is 0 Å². The number of para-hydroxylation sites is 3. The van der Waals surface area contributed by atoms with Gasteiger partial charge >= 0.3 is 0 Å². The summed E-state index contributed by atoms with van der Waals surface area (Å²) < 4.78 is 4.67. The van der Waals surface area contributed by atoms with Crippen molar-refractivity contribution >= 4 is 54.5 Å². The average molecular weight is 735 g/mol. The molecule has 57 heavy (non-hydrogen) atoms. The van der Waals surface area contributed by atoms with Crippen LogP contribution >= 0.6 is 0 Å². The topological polar surface area (TPSA) is 35.6 Å². The number of hydrogen-bond donors (Lipinski definition) is 0. The average Bonchev–Trinajstić information content (AvgIpc) is 3.91. The molecule has 4 heteroatoms. The molecule has 2 atom stereocenters. The van der Waals surface area contributed by atoms with E-state index in [2.05, 4.69) is 180 Å². The Morgan fingerprint density at radius 3 is 1.81 bits per heavy atom. The van der Waals surface area contributed by atoms with Crippen LogP contribution in [0.15, 0.2) is 164 Å². The largest absolute Gasteiger partial charge is 0.309 e. The van der Waals surface area contributed by atoms with Crippen molar-refractivity contribution in [3.05, 3.63) is 169 Å². The Hall–Kier alpha value is -6.52. The number of nitrogens with zero attached hydrogens (tertiary/aromatic N) is 4. The summed E-state index contributed by atoms with van der Waals surface area (Å²) in [5, 5.41) is 5.92. The summed E-state index contributed by atoms with van der Waals surface area (Å²) in [7, 11) is 0. The number of fused-ring (bicyclic) bond motifs is 9. The minimum atomic E-state index is 0.258. The van der Waals surface area contributed by atoms with Crippen LogP contribution in [0.25, 0.3) is 88.5 Å². The molecule has 0 radical (unpaired) electrons. The first-order valence-electron chi connectivity index (χ1n) is 20.6. The highest BCUT2D eigenvalue weighted by molar-refractivity contribution is 6.13. The predicted octanol–water partition coefficient (Wildman–Crippen LogP) is 13.6. The van der Waals surface area contributed by atoms with E-state index in [1.165, 1.54) is 81.4 Å². The zero-order chi connectivity index (χ0) is 37.7. The highest BCUT2D eigenvalue weighted by Gasteiger charge is 2.41.